The number of benzene rings is 1. The maximum absolute atomic E-state index is 11.1. The molecule has 0 bridgehead atoms. The summed E-state index contributed by atoms with van der Waals surface area (Å²) in [4.78, 5) is 15.1. The number of methoxy groups -OCH3 is 1. The fourth-order valence-corrected chi connectivity index (χ4v) is 0.984. The van der Waals surface area contributed by atoms with Gasteiger partial charge in [0.05, 0.1) is 7.11 Å². The summed E-state index contributed by atoms with van der Waals surface area (Å²) in [5, 5.41) is 8.48. The van der Waals surface area contributed by atoms with Crippen LogP contribution in [0.4, 0.5) is 0 Å². The Morgan fingerprint density at radius 1 is 1.43 bits per heavy atom. The maximum Gasteiger partial charge on any atom is 0.341 e. The molecule has 14 heavy (non-hydrogen) atoms. The maximum atomic E-state index is 11.1. The molecule has 1 aromatic rings. The summed E-state index contributed by atoms with van der Waals surface area (Å²) < 4.78 is 4.49. The Bertz CT molecular complexity index is 325. The van der Waals surface area contributed by atoms with Gasteiger partial charge >= 0.3 is 5.97 Å². The van der Waals surface area contributed by atoms with Crippen molar-refractivity contribution in [1.82, 2.24) is 0 Å². The Morgan fingerprint density at radius 2 is 2.07 bits per heavy atom. The first-order chi connectivity index (χ1) is 6.19. The number of carbonyl (C=O) groups is 1. The minimum absolute atomic E-state index is 0. The van der Waals surface area contributed by atoms with Crippen molar-refractivity contribution in [1.29, 1.82) is 0 Å². The van der Waals surface area contributed by atoms with Crippen molar-refractivity contribution in [2.75, 3.05) is 7.11 Å². The molecule has 0 aliphatic heterocycles. The predicted molar refractivity (Wildman–Crippen MR) is 45.8 cm³/mol. The standard InChI is InChI=1S/C9H10O4.V/c1-6-3-4-7(9(10)12-2)8(5-6)13-11;/h3-5,11H,1-2H3;. The van der Waals surface area contributed by atoms with Crippen molar-refractivity contribution in [2.24, 2.45) is 0 Å². The van der Waals surface area contributed by atoms with Crippen LogP contribution in [-0.4, -0.2) is 18.3 Å². The number of hydrogen-bond donors (Lipinski definition) is 1. The summed E-state index contributed by atoms with van der Waals surface area (Å²) in [5.41, 5.74) is 1.09. The van der Waals surface area contributed by atoms with Gasteiger partial charge in [-0.15, -0.1) is 0 Å². The first kappa shape index (κ1) is 13.0. The topological polar surface area (TPSA) is 55.8 Å². The summed E-state index contributed by atoms with van der Waals surface area (Å²) in [5.74, 6) is -0.434. The van der Waals surface area contributed by atoms with Crippen molar-refractivity contribution < 1.29 is 38.2 Å². The molecule has 1 N–H and O–H groups in total. The van der Waals surface area contributed by atoms with Gasteiger partial charge in [0.15, 0.2) is 5.75 Å². The predicted octanol–water partition coefficient (Wildman–Crippen LogP) is 1.63. The summed E-state index contributed by atoms with van der Waals surface area (Å²) in [6.07, 6.45) is 0. The number of rotatable bonds is 2. The molecule has 0 aliphatic rings. The molecule has 75 valence electrons. The van der Waals surface area contributed by atoms with E-state index in [2.05, 4.69) is 9.62 Å². The molecule has 0 amide bonds. The van der Waals surface area contributed by atoms with Crippen LogP contribution in [0.1, 0.15) is 15.9 Å². The van der Waals surface area contributed by atoms with Crippen LogP contribution < -0.4 is 4.89 Å². The molecule has 1 rings (SSSR count). The molecule has 0 unspecified atom stereocenters. The van der Waals surface area contributed by atoms with Gasteiger partial charge in [0, 0.05) is 18.6 Å². The molecular formula is C9H10O4V. The van der Waals surface area contributed by atoms with Gasteiger partial charge in [-0.25, -0.2) is 10.1 Å². The van der Waals surface area contributed by atoms with E-state index in [0.29, 0.717) is 0 Å². The van der Waals surface area contributed by atoms with Crippen LogP contribution in [0.15, 0.2) is 18.2 Å². The van der Waals surface area contributed by atoms with E-state index in [0.717, 1.165) is 5.56 Å². The molecule has 0 saturated heterocycles. The zero-order chi connectivity index (χ0) is 9.84. The zero-order valence-corrected chi connectivity index (χ0v) is 9.25. The molecule has 0 aromatic heterocycles. The molecule has 0 heterocycles. The van der Waals surface area contributed by atoms with Gasteiger partial charge in [-0.1, -0.05) is 6.07 Å². The first-order valence-electron chi connectivity index (χ1n) is 3.69. The van der Waals surface area contributed by atoms with E-state index in [1.165, 1.54) is 13.2 Å². The van der Waals surface area contributed by atoms with Gasteiger partial charge in [-0.2, -0.15) is 0 Å². The number of esters is 1. The molecule has 0 saturated carbocycles. The van der Waals surface area contributed by atoms with E-state index < -0.39 is 5.97 Å². The van der Waals surface area contributed by atoms with Crippen LogP contribution in [0.3, 0.4) is 0 Å². The quantitative estimate of drug-likeness (QED) is 0.479. The van der Waals surface area contributed by atoms with Gasteiger partial charge in [0.25, 0.3) is 0 Å². The normalized spacial score (nSPS) is 8.79. The summed E-state index contributed by atoms with van der Waals surface area (Å²) in [6, 6.07) is 4.81. The zero-order valence-electron chi connectivity index (χ0n) is 7.85. The minimum atomic E-state index is -0.538. The van der Waals surface area contributed by atoms with Gasteiger partial charge < -0.3 is 9.62 Å². The second-order valence-corrected chi connectivity index (χ2v) is 2.58. The van der Waals surface area contributed by atoms with E-state index in [1.54, 1.807) is 12.1 Å². The van der Waals surface area contributed by atoms with Crippen molar-refractivity contribution in [3.8, 4) is 5.75 Å². The average molecular weight is 233 g/mol. The van der Waals surface area contributed by atoms with Crippen LogP contribution in [0.2, 0.25) is 0 Å². The monoisotopic (exact) mass is 233 g/mol. The van der Waals surface area contributed by atoms with Gasteiger partial charge in [0.2, 0.25) is 0 Å². The Kier molecular flexibility index (Phi) is 5.31. The Hall–Kier alpha value is -0.966. The van der Waals surface area contributed by atoms with E-state index in [4.69, 9.17) is 5.26 Å². The average Bonchev–Trinajstić information content (AvgIpc) is 2.16. The molecule has 5 heteroatoms. The third kappa shape index (κ3) is 2.77. The number of aryl methyl sites for hydroxylation is 1. The van der Waals surface area contributed by atoms with Gasteiger partial charge in [0.1, 0.15) is 5.56 Å². The van der Waals surface area contributed by atoms with Crippen molar-refractivity contribution in [2.45, 2.75) is 6.92 Å². The minimum Gasteiger partial charge on any atom is -0.465 e. The fourth-order valence-electron chi connectivity index (χ4n) is 0.984. The Labute approximate surface area is 93.6 Å². The Balaban J connectivity index is 0.00000169. The van der Waals surface area contributed by atoms with Gasteiger partial charge in [-0.05, 0) is 24.6 Å². The first-order valence-corrected chi connectivity index (χ1v) is 3.69. The SMILES string of the molecule is COC(=O)c1ccc(C)cc1OO.[V]. The van der Waals surface area contributed by atoms with Crippen LogP contribution >= 0.6 is 0 Å². The Morgan fingerprint density at radius 3 is 2.57 bits per heavy atom. The van der Waals surface area contributed by atoms with Crippen LogP contribution in [-0.2, 0) is 23.3 Å². The molecule has 0 atom stereocenters. The molecule has 1 aromatic carbocycles. The van der Waals surface area contributed by atoms with E-state index >= 15 is 0 Å². The van der Waals surface area contributed by atoms with E-state index in [9.17, 15) is 4.79 Å². The smallest absolute Gasteiger partial charge is 0.341 e. The fraction of sp³-hybridized carbons (Fsp3) is 0.222. The van der Waals surface area contributed by atoms with E-state index in [-0.39, 0.29) is 29.9 Å². The van der Waals surface area contributed by atoms with Crippen LogP contribution in [0.5, 0.6) is 5.75 Å². The molecule has 4 nitrogen and oxygen atoms in total. The van der Waals surface area contributed by atoms with Crippen molar-refractivity contribution in [3.05, 3.63) is 29.3 Å². The van der Waals surface area contributed by atoms with Crippen molar-refractivity contribution >= 4 is 5.97 Å². The third-order valence-electron chi connectivity index (χ3n) is 1.64. The van der Waals surface area contributed by atoms with Crippen LogP contribution in [0, 0.1) is 6.92 Å². The van der Waals surface area contributed by atoms with Gasteiger partial charge in [-0.3, -0.25) is 0 Å². The van der Waals surface area contributed by atoms with Crippen molar-refractivity contribution in [3.63, 3.8) is 0 Å². The molecular weight excluding hydrogens is 223 g/mol. The molecule has 0 aliphatic carbocycles. The summed E-state index contributed by atoms with van der Waals surface area (Å²) >= 11 is 0. The van der Waals surface area contributed by atoms with Crippen LogP contribution in [0.25, 0.3) is 0 Å². The molecule has 0 spiro atoms. The molecule has 0 fully saturated rings. The summed E-state index contributed by atoms with van der Waals surface area (Å²) in [6.45, 7) is 1.82. The molecule has 1 radical (unpaired) electrons. The van der Waals surface area contributed by atoms with E-state index in [1.807, 2.05) is 6.92 Å². The largest absolute Gasteiger partial charge is 0.465 e. The summed E-state index contributed by atoms with van der Waals surface area (Å²) in [7, 11) is 1.27. The number of hydrogen-bond acceptors (Lipinski definition) is 4. The second kappa shape index (κ2) is 5.70. The number of ether oxygens (including phenoxy) is 1. The third-order valence-corrected chi connectivity index (χ3v) is 1.64. The number of carbonyl (C=O) groups excluding carboxylic acids is 1. The second-order valence-electron chi connectivity index (χ2n) is 2.58.